The summed E-state index contributed by atoms with van der Waals surface area (Å²) in [5.41, 5.74) is 1.92. The second kappa shape index (κ2) is 13.2. The van der Waals surface area contributed by atoms with Crippen LogP contribution in [0.25, 0.3) is 0 Å². The number of nitrogens with one attached hydrogen (secondary N) is 2. The summed E-state index contributed by atoms with van der Waals surface area (Å²) in [6, 6.07) is 8.41. The zero-order valence-corrected chi connectivity index (χ0v) is 25.6. The molecule has 0 aliphatic carbocycles. The van der Waals surface area contributed by atoms with Crippen molar-refractivity contribution in [1.82, 2.24) is 25.7 Å². The van der Waals surface area contributed by atoms with Crippen molar-refractivity contribution in [3.05, 3.63) is 35.9 Å². The lowest BCUT2D eigenvalue weighted by atomic mass is 10.0. The van der Waals surface area contributed by atoms with Crippen LogP contribution in [0.15, 0.2) is 35.3 Å². The summed E-state index contributed by atoms with van der Waals surface area (Å²) in [5.74, 6) is -0.470. The summed E-state index contributed by atoms with van der Waals surface area (Å²) in [5, 5.41) is 3.90. The Hall–Kier alpha value is -3.91. The van der Waals surface area contributed by atoms with E-state index in [1.54, 1.807) is 46.4 Å². The van der Waals surface area contributed by atoms with Gasteiger partial charge < -0.3 is 19.3 Å². The third-order valence-corrected chi connectivity index (χ3v) is 6.81. The fraction of sp³-hybridized carbons (Fsp3) is 0.621. The van der Waals surface area contributed by atoms with Gasteiger partial charge in [-0.1, -0.05) is 30.3 Å². The first kappa shape index (κ1) is 32.0. The van der Waals surface area contributed by atoms with Gasteiger partial charge >= 0.3 is 18.2 Å². The van der Waals surface area contributed by atoms with E-state index in [1.165, 1.54) is 9.96 Å². The van der Waals surface area contributed by atoms with Crippen LogP contribution in [-0.4, -0.2) is 94.0 Å². The summed E-state index contributed by atoms with van der Waals surface area (Å²) in [7, 11) is 0. The zero-order valence-electron chi connectivity index (χ0n) is 25.6. The molecule has 0 spiro atoms. The molecule has 43 heavy (non-hydrogen) atoms. The predicted octanol–water partition coefficient (Wildman–Crippen LogP) is 3.32. The Morgan fingerprint density at radius 1 is 0.953 bits per heavy atom. The van der Waals surface area contributed by atoms with Crippen LogP contribution < -0.4 is 10.8 Å². The summed E-state index contributed by atoms with van der Waals surface area (Å²) in [6.07, 6.45) is -0.554. The van der Waals surface area contributed by atoms with Crippen molar-refractivity contribution in [2.24, 2.45) is 4.99 Å². The number of likely N-dealkylation sites (tertiary alicyclic amines) is 1. The minimum absolute atomic E-state index is 0.0440. The van der Waals surface area contributed by atoms with Crippen LogP contribution in [-0.2, 0) is 30.6 Å². The van der Waals surface area contributed by atoms with E-state index in [1.807, 2.05) is 30.3 Å². The summed E-state index contributed by atoms with van der Waals surface area (Å²) in [6.45, 7) is 11.5. The second-order valence-corrected chi connectivity index (χ2v) is 12.8. The average Bonchev–Trinajstić information content (AvgIpc) is 3.47. The number of aliphatic imine (C=N–C) groups is 1. The Morgan fingerprint density at radius 2 is 1.65 bits per heavy atom. The first-order valence-corrected chi connectivity index (χ1v) is 14.5. The molecule has 3 heterocycles. The van der Waals surface area contributed by atoms with Gasteiger partial charge in [-0.15, -0.1) is 4.99 Å². The lowest BCUT2D eigenvalue weighted by Crippen LogP contribution is -2.50. The van der Waals surface area contributed by atoms with Crippen LogP contribution in [0.1, 0.15) is 66.4 Å². The molecule has 0 aromatic heterocycles. The first-order valence-electron chi connectivity index (χ1n) is 14.5. The van der Waals surface area contributed by atoms with Crippen LogP contribution >= 0.6 is 0 Å². The molecule has 236 valence electrons. The SMILES string of the molecule is CC(C)(C)OC(=O)/N=C(/NC(=O)OC(C)(C)C)N1CCC(ONC(=O)[C@@H]2CCC3CN2C(=O)N3OCc2ccccc2)C1. The Labute approximate surface area is 251 Å². The van der Waals surface area contributed by atoms with Gasteiger partial charge in [0.1, 0.15) is 30.0 Å². The molecular weight excluding hydrogens is 560 g/mol. The number of hydroxylamine groups is 3. The quantitative estimate of drug-likeness (QED) is 0.284. The highest BCUT2D eigenvalue weighted by atomic mass is 16.7. The maximum Gasteiger partial charge on any atom is 0.437 e. The van der Waals surface area contributed by atoms with Gasteiger partial charge in [0.05, 0.1) is 6.04 Å². The van der Waals surface area contributed by atoms with Crippen molar-refractivity contribution >= 4 is 30.1 Å². The van der Waals surface area contributed by atoms with Gasteiger partial charge in [-0.05, 0) is 66.4 Å². The molecule has 2 unspecified atom stereocenters. The molecule has 3 fully saturated rings. The van der Waals surface area contributed by atoms with Crippen LogP contribution in [0.3, 0.4) is 0 Å². The number of hydrogen-bond donors (Lipinski definition) is 2. The number of nitrogens with zero attached hydrogens (tertiary/aromatic N) is 4. The molecule has 2 bridgehead atoms. The molecule has 4 rings (SSSR count). The standard InChI is InChI=1S/C29H42N6O8/c1-28(2,3)41-25(37)30-24(31-26(38)42-29(4,5)6)33-15-14-21(17-33)43-32-23(36)22-13-12-20-16-34(22)27(39)35(20)40-18-19-10-8-7-9-11-19/h7-11,20-22H,12-18H2,1-6H3,(H,32,36)(H,30,31,37,38)/t20?,21?,22-/m0/s1. The van der Waals surface area contributed by atoms with Crippen molar-refractivity contribution in [3.63, 3.8) is 0 Å². The molecule has 14 heteroatoms. The van der Waals surface area contributed by atoms with Crippen molar-refractivity contribution in [3.8, 4) is 0 Å². The topological polar surface area (TPSA) is 151 Å². The molecular formula is C29H42N6O8. The fourth-order valence-corrected chi connectivity index (χ4v) is 4.96. The molecule has 14 nitrogen and oxygen atoms in total. The van der Waals surface area contributed by atoms with Crippen molar-refractivity contribution < 1.29 is 38.3 Å². The van der Waals surface area contributed by atoms with Crippen molar-refractivity contribution in [1.29, 1.82) is 0 Å². The van der Waals surface area contributed by atoms with Crippen LogP contribution in [0.2, 0.25) is 0 Å². The monoisotopic (exact) mass is 602 g/mol. The molecule has 3 atom stereocenters. The molecule has 3 aliphatic heterocycles. The zero-order chi connectivity index (χ0) is 31.4. The molecule has 1 aromatic rings. The largest absolute Gasteiger partial charge is 0.444 e. The van der Waals surface area contributed by atoms with E-state index in [9.17, 15) is 19.2 Å². The smallest absolute Gasteiger partial charge is 0.437 e. The van der Waals surface area contributed by atoms with E-state index >= 15 is 0 Å². The number of amides is 5. The highest BCUT2D eigenvalue weighted by Gasteiger charge is 2.48. The first-order chi connectivity index (χ1) is 20.2. The molecule has 3 aliphatic rings. The summed E-state index contributed by atoms with van der Waals surface area (Å²) in [4.78, 5) is 69.7. The van der Waals surface area contributed by atoms with Gasteiger partial charge in [-0.2, -0.15) is 5.06 Å². The van der Waals surface area contributed by atoms with Gasteiger partial charge in [-0.3, -0.25) is 19.8 Å². The Bertz CT molecular complexity index is 1210. The van der Waals surface area contributed by atoms with Crippen molar-refractivity contribution in [2.45, 2.75) is 96.8 Å². The van der Waals surface area contributed by atoms with Crippen LogP contribution in [0.4, 0.5) is 14.4 Å². The summed E-state index contributed by atoms with van der Waals surface area (Å²) < 4.78 is 10.6. The molecule has 5 amide bonds. The Balaban J connectivity index is 1.31. The molecule has 2 N–H and O–H groups in total. The lowest BCUT2D eigenvalue weighted by Gasteiger charge is -2.29. The molecule has 0 radical (unpaired) electrons. The van der Waals surface area contributed by atoms with Gasteiger partial charge in [0, 0.05) is 19.6 Å². The molecule has 3 saturated heterocycles. The van der Waals surface area contributed by atoms with Crippen molar-refractivity contribution in [2.75, 3.05) is 19.6 Å². The number of benzene rings is 1. The Kier molecular flexibility index (Phi) is 9.80. The number of carbonyl (C=O) groups excluding carboxylic acids is 4. The fourth-order valence-electron chi connectivity index (χ4n) is 4.96. The lowest BCUT2D eigenvalue weighted by molar-refractivity contribution is -0.143. The second-order valence-electron chi connectivity index (χ2n) is 12.8. The number of guanidine groups is 1. The predicted molar refractivity (Wildman–Crippen MR) is 154 cm³/mol. The number of urea groups is 1. The highest BCUT2D eigenvalue weighted by molar-refractivity contribution is 5.99. The third kappa shape index (κ3) is 9.04. The number of hydrogen-bond acceptors (Lipinski definition) is 8. The Morgan fingerprint density at radius 3 is 2.33 bits per heavy atom. The number of fused-ring (bicyclic) bond motifs is 2. The van der Waals surface area contributed by atoms with E-state index in [-0.39, 0.29) is 31.2 Å². The van der Waals surface area contributed by atoms with E-state index in [0.717, 1.165) is 5.56 Å². The minimum atomic E-state index is -0.871. The normalized spacial score (nSPS) is 22.5. The minimum Gasteiger partial charge on any atom is -0.444 e. The number of alkyl carbamates (subject to hydrolysis) is 1. The van der Waals surface area contributed by atoms with E-state index in [0.29, 0.717) is 32.4 Å². The van der Waals surface area contributed by atoms with E-state index in [2.05, 4.69) is 15.8 Å². The van der Waals surface area contributed by atoms with Crippen LogP contribution in [0, 0.1) is 0 Å². The van der Waals surface area contributed by atoms with E-state index < -0.39 is 41.4 Å². The highest BCUT2D eigenvalue weighted by Crippen LogP contribution is 2.30. The average molecular weight is 603 g/mol. The van der Waals surface area contributed by atoms with Gasteiger partial charge in [0.2, 0.25) is 5.96 Å². The van der Waals surface area contributed by atoms with Crippen LogP contribution in [0.5, 0.6) is 0 Å². The maximum atomic E-state index is 13.1. The number of rotatable bonds is 6. The van der Waals surface area contributed by atoms with E-state index in [4.69, 9.17) is 19.1 Å². The van der Waals surface area contributed by atoms with Gasteiger partial charge in [0.15, 0.2) is 0 Å². The number of carbonyl (C=O) groups is 4. The number of piperidine rings is 1. The number of ether oxygens (including phenoxy) is 2. The third-order valence-electron chi connectivity index (χ3n) is 6.81. The van der Waals surface area contributed by atoms with Gasteiger partial charge in [0.25, 0.3) is 5.91 Å². The molecule has 0 saturated carbocycles. The summed E-state index contributed by atoms with van der Waals surface area (Å²) >= 11 is 0. The molecule has 1 aromatic carbocycles. The maximum absolute atomic E-state index is 13.1. The van der Waals surface area contributed by atoms with Gasteiger partial charge in [-0.25, -0.2) is 19.9 Å².